The lowest BCUT2D eigenvalue weighted by molar-refractivity contribution is -0.137. The summed E-state index contributed by atoms with van der Waals surface area (Å²) in [5, 5.41) is 3.04. The summed E-state index contributed by atoms with van der Waals surface area (Å²) in [6, 6.07) is 6.35. The van der Waals surface area contributed by atoms with E-state index in [4.69, 9.17) is 4.74 Å². The minimum Gasteiger partial charge on any atom is -0.494 e. The summed E-state index contributed by atoms with van der Waals surface area (Å²) in [7, 11) is 1.53. The quantitative estimate of drug-likeness (QED) is 0.528. The van der Waals surface area contributed by atoms with Gasteiger partial charge < -0.3 is 19.0 Å². The van der Waals surface area contributed by atoms with Gasteiger partial charge in [0.05, 0.1) is 41.8 Å². The second-order valence-corrected chi connectivity index (χ2v) is 6.69. The molecule has 3 aromatic heterocycles. The van der Waals surface area contributed by atoms with Gasteiger partial charge in [0.2, 0.25) is 0 Å². The summed E-state index contributed by atoms with van der Waals surface area (Å²) < 4.78 is 48.6. The van der Waals surface area contributed by atoms with Crippen LogP contribution in [0.5, 0.6) is 5.75 Å². The second kappa shape index (κ2) is 6.84. The van der Waals surface area contributed by atoms with Gasteiger partial charge in [-0.1, -0.05) is 0 Å². The van der Waals surface area contributed by atoms with Crippen LogP contribution >= 0.6 is 0 Å². The topological polar surface area (TPSA) is 56.4 Å². The number of halogens is 3. The molecule has 1 aromatic carbocycles. The van der Waals surface area contributed by atoms with Gasteiger partial charge in [-0.25, -0.2) is 9.97 Å². The van der Waals surface area contributed by atoms with E-state index in [9.17, 15) is 13.2 Å². The zero-order valence-corrected chi connectivity index (χ0v) is 15.9. The van der Waals surface area contributed by atoms with Crippen LogP contribution in [0, 0.1) is 13.8 Å². The molecule has 0 aliphatic rings. The normalized spacial score (nSPS) is 11.8. The van der Waals surface area contributed by atoms with Crippen LogP contribution in [0.2, 0.25) is 0 Å². The third-order valence-corrected chi connectivity index (χ3v) is 4.45. The van der Waals surface area contributed by atoms with Gasteiger partial charge in [-0.3, -0.25) is 0 Å². The number of nitrogens with one attached hydrogen (secondary N) is 1. The van der Waals surface area contributed by atoms with E-state index in [1.54, 1.807) is 31.6 Å². The van der Waals surface area contributed by atoms with E-state index in [1.165, 1.54) is 11.5 Å². The fourth-order valence-electron chi connectivity index (χ4n) is 3.15. The first kappa shape index (κ1) is 18.9. The van der Waals surface area contributed by atoms with Crippen molar-refractivity contribution in [1.82, 2.24) is 18.9 Å². The average Bonchev–Trinajstić information content (AvgIpc) is 3.25. The van der Waals surface area contributed by atoms with Crippen LogP contribution in [-0.2, 0) is 6.18 Å². The number of aryl methyl sites for hydroxylation is 2. The molecular weight excluding hydrogens is 383 g/mol. The van der Waals surface area contributed by atoms with E-state index in [-0.39, 0.29) is 5.69 Å². The number of anilines is 2. The Bertz CT molecular complexity index is 1190. The monoisotopic (exact) mass is 401 g/mol. The molecule has 0 saturated heterocycles. The number of rotatable bonds is 4. The maximum absolute atomic E-state index is 13.3. The van der Waals surface area contributed by atoms with Crippen molar-refractivity contribution in [2.45, 2.75) is 20.0 Å². The van der Waals surface area contributed by atoms with Gasteiger partial charge in [0.15, 0.2) is 5.65 Å². The lowest BCUT2D eigenvalue weighted by Crippen LogP contribution is -2.08. The molecule has 29 heavy (non-hydrogen) atoms. The lowest BCUT2D eigenvalue weighted by Gasteiger charge is -2.15. The highest BCUT2D eigenvalue weighted by atomic mass is 19.4. The molecule has 0 saturated carbocycles. The summed E-state index contributed by atoms with van der Waals surface area (Å²) in [6.07, 6.45) is 1.65. The molecule has 6 nitrogen and oxygen atoms in total. The fourth-order valence-corrected chi connectivity index (χ4v) is 3.15. The predicted molar refractivity (Wildman–Crippen MR) is 103 cm³/mol. The maximum Gasteiger partial charge on any atom is 0.417 e. The van der Waals surface area contributed by atoms with E-state index < -0.39 is 11.7 Å². The van der Waals surface area contributed by atoms with E-state index >= 15 is 0 Å². The Morgan fingerprint density at radius 2 is 1.83 bits per heavy atom. The number of imidazole rings is 2. The molecule has 0 bridgehead atoms. The maximum atomic E-state index is 13.3. The Kier molecular flexibility index (Phi) is 4.45. The molecule has 0 amide bonds. The first-order valence-corrected chi connectivity index (χ1v) is 8.77. The third-order valence-electron chi connectivity index (χ3n) is 4.45. The fraction of sp³-hybridized carbons (Fsp3) is 0.200. The molecule has 0 aliphatic heterocycles. The van der Waals surface area contributed by atoms with E-state index in [0.29, 0.717) is 22.8 Å². The Morgan fingerprint density at radius 1 is 1.03 bits per heavy atom. The Labute approximate surface area is 164 Å². The van der Waals surface area contributed by atoms with Gasteiger partial charge in [-0.05, 0) is 32.0 Å². The lowest BCUT2D eigenvalue weighted by atomic mass is 10.2. The molecular formula is C20H18F3N5O. The predicted octanol–water partition coefficient (Wildman–Crippen LogP) is 4.91. The number of nitrogens with zero attached hydrogens (tertiary/aromatic N) is 4. The summed E-state index contributed by atoms with van der Waals surface area (Å²) in [6.45, 7) is 3.61. The van der Waals surface area contributed by atoms with Gasteiger partial charge >= 0.3 is 6.18 Å². The zero-order valence-electron chi connectivity index (χ0n) is 15.9. The van der Waals surface area contributed by atoms with Crippen LogP contribution in [0.15, 0.2) is 49.2 Å². The third kappa shape index (κ3) is 3.63. The number of alkyl halides is 3. The molecule has 0 atom stereocenters. The van der Waals surface area contributed by atoms with Gasteiger partial charge in [-0.15, -0.1) is 0 Å². The summed E-state index contributed by atoms with van der Waals surface area (Å²) >= 11 is 0. The number of aromatic nitrogens is 4. The van der Waals surface area contributed by atoms with Crippen molar-refractivity contribution in [3.05, 3.63) is 66.1 Å². The average molecular weight is 401 g/mol. The molecule has 0 fully saturated rings. The van der Waals surface area contributed by atoms with E-state index in [2.05, 4.69) is 15.3 Å². The molecule has 9 heteroatoms. The molecule has 0 radical (unpaired) electrons. The van der Waals surface area contributed by atoms with Crippen molar-refractivity contribution in [3.63, 3.8) is 0 Å². The van der Waals surface area contributed by atoms with Crippen LogP contribution in [0.1, 0.15) is 17.0 Å². The van der Waals surface area contributed by atoms with Crippen LogP contribution < -0.4 is 10.1 Å². The highest BCUT2D eigenvalue weighted by molar-refractivity contribution is 5.76. The molecule has 0 spiro atoms. The van der Waals surface area contributed by atoms with Crippen LogP contribution in [0.4, 0.5) is 24.5 Å². The smallest absolute Gasteiger partial charge is 0.417 e. The largest absolute Gasteiger partial charge is 0.494 e. The minimum absolute atomic E-state index is 0.251. The molecule has 150 valence electrons. The number of benzene rings is 1. The van der Waals surface area contributed by atoms with Crippen molar-refractivity contribution < 1.29 is 17.9 Å². The Morgan fingerprint density at radius 3 is 2.48 bits per heavy atom. The number of fused-ring (bicyclic) bond motifs is 1. The number of ether oxygens (including phenoxy) is 1. The van der Waals surface area contributed by atoms with E-state index in [0.717, 1.165) is 23.6 Å². The van der Waals surface area contributed by atoms with Crippen molar-refractivity contribution in [2.75, 3.05) is 12.4 Å². The van der Waals surface area contributed by atoms with Crippen molar-refractivity contribution in [1.29, 1.82) is 0 Å². The van der Waals surface area contributed by atoms with Crippen molar-refractivity contribution in [3.8, 4) is 11.4 Å². The summed E-state index contributed by atoms with van der Waals surface area (Å²) in [4.78, 5) is 8.53. The van der Waals surface area contributed by atoms with Crippen LogP contribution in [0.25, 0.3) is 11.3 Å². The number of pyridine rings is 1. The summed E-state index contributed by atoms with van der Waals surface area (Å²) in [5.74, 6) is 0.551. The second-order valence-electron chi connectivity index (χ2n) is 6.69. The molecule has 0 aliphatic carbocycles. The molecule has 3 heterocycles. The van der Waals surface area contributed by atoms with Gasteiger partial charge in [0, 0.05) is 30.3 Å². The number of methoxy groups -OCH3 is 1. The first-order valence-electron chi connectivity index (χ1n) is 8.77. The Balaban J connectivity index is 1.76. The highest BCUT2D eigenvalue weighted by Gasteiger charge is 2.32. The highest BCUT2D eigenvalue weighted by Crippen LogP contribution is 2.34. The van der Waals surface area contributed by atoms with Crippen LogP contribution in [0.3, 0.4) is 0 Å². The Hall–Kier alpha value is -3.49. The minimum atomic E-state index is -4.47. The molecule has 4 aromatic rings. The molecule has 4 rings (SSSR count). The summed E-state index contributed by atoms with van der Waals surface area (Å²) in [5.41, 5.74) is 2.72. The van der Waals surface area contributed by atoms with Crippen molar-refractivity contribution in [2.24, 2.45) is 0 Å². The molecule has 0 unspecified atom stereocenters. The number of hydrogen-bond donors (Lipinski definition) is 1. The zero-order chi connectivity index (χ0) is 20.8. The van der Waals surface area contributed by atoms with Gasteiger partial charge in [-0.2, -0.15) is 13.2 Å². The SMILES string of the molecule is COc1cc(Nc2cc(C(F)(F)F)cn3cc(C)nc23)ccc1-n1cnc(C)c1. The van der Waals surface area contributed by atoms with Crippen LogP contribution in [-0.4, -0.2) is 26.0 Å². The van der Waals surface area contributed by atoms with Crippen molar-refractivity contribution >= 4 is 17.0 Å². The van der Waals surface area contributed by atoms with E-state index in [1.807, 2.05) is 23.8 Å². The first-order chi connectivity index (χ1) is 13.7. The van der Waals surface area contributed by atoms with Gasteiger partial charge in [0.1, 0.15) is 5.75 Å². The van der Waals surface area contributed by atoms with Gasteiger partial charge in [0.25, 0.3) is 0 Å². The number of hydrogen-bond acceptors (Lipinski definition) is 4. The molecule has 1 N–H and O–H groups in total. The standard InChI is InChI=1S/C20H18F3N5O/c1-12-8-28(11-24-12)17-5-4-15(7-18(17)29-3)26-16-6-14(20(21,22)23)10-27-9-13(2)25-19(16)27/h4-11,26H,1-3H3.